The average molecular weight is 278 g/mol. The van der Waals surface area contributed by atoms with Crippen LogP contribution in [-0.4, -0.2) is 17.9 Å². The molecule has 0 atom stereocenters. The van der Waals surface area contributed by atoms with Crippen molar-refractivity contribution in [2.75, 3.05) is 0 Å². The van der Waals surface area contributed by atoms with Gasteiger partial charge in [0, 0.05) is 5.92 Å². The number of benzene rings is 1. The number of Topliss-reactive ketones (excluding diaryl/α,β-unsaturated/α-hetero) is 1. The van der Waals surface area contributed by atoms with Gasteiger partial charge in [-0.25, -0.2) is 0 Å². The summed E-state index contributed by atoms with van der Waals surface area (Å²) in [5.74, 6) is -8.56. The van der Waals surface area contributed by atoms with Crippen molar-refractivity contribution in [3.63, 3.8) is 0 Å². The molecule has 1 aromatic rings. The fourth-order valence-corrected chi connectivity index (χ4v) is 2.23. The first kappa shape index (κ1) is 14.0. The SMILES string of the molecule is O=C(C1CC(c2ccccc2)C1)C(F)(F)C(F)(F)F. The molecule has 2 rings (SSSR count). The maximum atomic E-state index is 12.9. The molecule has 0 radical (unpaired) electrons. The fourth-order valence-electron chi connectivity index (χ4n) is 2.23. The number of carbonyl (C=O) groups excluding carboxylic acids is 1. The topological polar surface area (TPSA) is 17.1 Å². The van der Waals surface area contributed by atoms with Crippen molar-refractivity contribution in [2.45, 2.75) is 30.9 Å². The van der Waals surface area contributed by atoms with E-state index in [1.165, 1.54) is 0 Å². The molecule has 1 aliphatic rings. The molecule has 0 spiro atoms. The standard InChI is InChI=1S/C13H11F5O/c14-12(15,13(16,17)18)11(19)10-6-9(7-10)8-4-2-1-3-5-8/h1-5,9-10H,6-7H2. The zero-order valence-electron chi connectivity index (χ0n) is 9.75. The number of carbonyl (C=O) groups is 1. The van der Waals surface area contributed by atoms with Gasteiger partial charge in [0.15, 0.2) is 0 Å². The minimum absolute atomic E-state index is 0.0501. The van der Waals surface area contributed by atoms with Gasteiger partial charge >= 0.3 is 12.1 Å². The molecule has 0 unspecified atom stereocenters. The predicted octanol–water partition coefficient (Wildman–Crippen LogP) is 3.95. The molecule has 0 N–H and O–H groups in total. The first-order valence-corrected chi connectivity index (χ1v) is 5.77. The molecule has 1 aromatic carbocycles. The van der Waals surface area contributed by atoms with E-state index in [2.05, 4.69) is 0 Å². The third-order valence-corrected chi connectivity index (χ3v) is 3.45. The molecular weight excluding hydrogens is 267 g/mol. The summed E-state index contributed by atoms with van der Waals surface area (Å²) in [5, 5.41) is 0. The van der Waals surface area contributed by atoms with Crippen molar-refractivity contribution < 1.29 is 26.7 Å². The van der Waals surface area contributed by atoms with Gasteiger partial charge in [-0.1, -0.05) is 30.3 Å². The number of rotatable bonds is 3. The zero-order valence-corrected chi connectivity index (χ0v) is 9.75. The van der Waals surface area contributed by atoms with Crippen LogP contribution in [0.15, 0.2) is 30.3 Å². The van der Waals surface area contributed by atoms with Crippen molar-refractivity contribution in [3.8, 4) is 0 Å². The summed E-state index contributed by atoms with van der Waals surface area (Å²) in [7, 11) is 0. The van der Waals surface area contributed by atoms with Crippen LogP contribution < -0.4 is 0 Å². The van der Waals surface area contributed by atoms with E-state index in [1.54, 1.807) is 30.3 Å². The lowest BCUT2D eigenvalue weighted by Gasteiger charge is -2.36. The Labute approximate surface area is 106 Å². The summed E-state index contributed by atoms with van der Waals surface area (Å²) in [6.07, 6.45) is -5.70. The second-order valence-electron chi connectivity index (χ2n) is 4.71. The number of halogens is 5. The Balaban J connectivity index is 2.00. The highest BCUT2D eigenvalue weighted by atomic mass is 19.4. The maximum absolute atomic E-state index is 12.9. The Morgan fingerprint density at radius 1 is 1.00 bits per heavy atom. The fraction of sp³-hybridized carbons (Fsp3) is 0.462. The first-order valence-electron chi connectivity index (χ1n) is 5.77. The van der Waals surface area contributed by atoms with E-state index < -0.39 is 23.8 Å². The van der Waals surface area contributed by atoms with E-state index in [-0.39, 0.29) is 18.8 Å². The minimum Gasteiger partial charge on any atom is -0.292 e. The molecule has 1 saturated carbocycles. The average Bonchev–Trinajstić information content (AvgIpc) is 2.26. The van der Waals surface area contributed by atoms with Crippen LogP contribution in [0.3, 0.4) is 0 Å². The van der Waals surface area contributed by atoms with E-state index in [9.17, 15) is 26.7 Å². The van der Waals surface area contributed by atoms with Crippen molar-refractivity contribution in [1.29, 1.82) is 0 Å². The third kappa shape index (κ3) is 2.48. The molecule has 1 aliphatic carbocycles. The Morgan fingerprint density at radius 3 is 2.00 bits per heavy atom. The number of hydrogen-bond donors (Lipinski definition) is 0. The van der Waals surface area contributed by atoms with E-state index in [4.69, 9.17) is 0 Å². The zero-order chi connectivity index (χ0) is 14.3. The van der Waals surface area contributed by atoms with Gasteiger partial charge in [-0.15, -0.1) is 0 Å². The van der Waals surface area contributed by atoms with Crippen molar-refractivity contribution in [3.05, 3.63) is 35.9 Å². The first-order chi connectivity index (χ1) is 8.73. The van der Waals surface area contributed by atoms with Gasteiger partial charge in [-0.2, -0.15) is 22.0 Å². The highest BCUT2D eigenvalue weighted by molar-refractivity contribution is 5.89. The van der Waals surface area contributed by atoms with Crippen molar-refractivity contribution >= 4 is 5.78 Å². The Morgan fingerprint density at radius 2 is 1.53 bits per heavy atom. The summed E-state index contributed by atoms with van der Waals surface area (Å²) in [6.45, 7) is 0. The summed E-state index contributed by atoms with van der Waals surface area (Å²) in [5.41, 5.74) is 0.863. The molecule has 0 amide bonds. The molecule has 6 heteroatoms. The number of ketones is 1. The van der Waals surface area contributed by atoms with Gasteiger partial charge in [-0.3, -0.25) is 4.79 Å². The number of alkyl halides is 5. The summed E-state index contributed by atoms with van der Waals surface area (Å²) in [4.78, 5) is 11.2. The Bertz CT molecular complexity index is 460. The quantitative estimate of drug-likeness (QED) is 0.765. The lowest BCUT2D eigenvalue weighted by atomic mass is 9.68. The van der Waals surface area contributed by atoms with Gasteiger partial charge in [0.25, 0.3) is 0 Å². The van der Waals surface area contributed by atoms with Gasteiger partial charge in [-0.05, 0) is 24.3 Å². The van der Waals surface area contributed by atoms with Gasteiger partial charge in [0.2, 0.25) is 5.78 Å². The monoisotopic (exact) mass is 278 g/mol. The van der Waals surface area contributed by atoms with Crippen molar-refractivity contribution in [2.24, 2.45) is 5.92 Å². The van der Waals surface area contributed by atoms with Crippen LogP contribution in [0.25, 0.3) is 0 Å². The largest absolute Gasteiger partial charge is 0.461 e. The highest BCUT2D eigenvalue weighted by Gasteiger charge is 2.65. The molecular formula is C13H11F5O. The highest BCUT2D eigenvalue weighted by Crippen LogP contribution is 2.47. The lowest BCUT2D eigenvalue weighted by Crippen LogP contribution is -2.49. The Kier molecular flexibility index (Phi) is 3.36. The molecule has 0 aliphatic heterocycles. The molecule has 0 aromatic heterocycles. The number of hydrogen-bond acceptors (Lipinski definition) is 1. The smallest absolute Gasteiger partial charge is 0.292 e. The molecule has 0 bridgehead atoms. The lowest BCUT2D eigenvalue weighted by molar-refractivity contribution is -0.271. The normalized spacial score (nSPS) is 23.8. The van der Waals surface area contributed by atoms with Crippen LogP contribution in [0.5, 0.6) is 0 Å². The molecule has 19 heavy (non-hydrogen) atoms. The molecule has 104 valence electrons. The predicted molar refractivity (Wildman–Crippen MR) is 57.9 cm³/mol. The van der Waals surface area contributed by atoms with Crippen LogP contribution >= 0.6 is 0 Å². The second-order valence-corrected chi connectivity index (χ2v) is 4.71. The molecule has 1 nitrogen and oxygen atoms in total. The van der Waals surface area contributed by atoms with Crippen LogP contribution in [0.4, 0.5) is 22.0 Å². The maximum Gasteiger partial charge on any atom is 0.461 e. The van der Waals surface area contributed by atoms with E-state index in [0.29, 0.717) is 0 Å². The van der Waals surface area contributed by atoms with Crippen LogP contribution in [0.2, 0.25) is 0 Å². The van der Waals surface area contributed by atoms with E-state index >= 15 is 0 Å². The van der Waals surface area contributed by atoms with Gasteiger partial charge < -0.3 is 0 Å². The van der Waals surface area contributed by atoms with Crippen LogP contribution in [0, 0.1) is 5.92 Å². The van der Waals surface area contributed by atoms with E-state index in [1.807, 2.05) is 0 Å². The summed E-state index contributed by atoms with van der Waals surface area (Å²) < 4.78 is 61.9. The molecule has 1 fully saturated rings. The summed E-state index contributed by atoms with van der Waals surface area (Å²) >= 11 is 0. The Hall–Kier alpha value is -1.46. The summed E-state index contributed by atoms with van der Waals surface area (Å²) in [6, 6.07) is 8.84. The minimum atomic E-state index is -5.80. The van der Waals surface area contributed by atoms with Crippen molar-refractivity contribution in [1.82, 2.24) is 0 Å². The van der Waals surface area contributed by atoms with Crippen LogP contribution in [0.1, 0.15) is 24.3 Å². The molecule has 0 saturated heterocycles. The van der Waals surface area contributed by atoms with Gasteiger partial charge in [0.1, 0.15) is 0 Å². The van der Waals surface area contributed by atoms with E-state index in [0.717, 1.165) is 5.56 Å². The van der Waals surface area contributed by atoms with Gasteiger partial charge in [0.05, 0.1) is 0 Å². The second kappa shape index (κ2) is 4.58. The third-order valence-electron chi connectivity index (χ3n) is 3.45. The van der Waals surface area contributed by atoms with Crippen LogP contribution in [-0.2, 0) is 4.79 Å². The molecule has 0 heterocycles.